The molecule has 5 nitrogen and oxygen atoms in total. The molecule has 1 aromatic heterocycles. The number of likely N-dealkylation sites (N-methyl/N-ethyl adjacent to an activating group) is 1. The van der Waals surface area contributed by atoms with Crippen LogP contribution in [-0.4, -0.2) is 40.4 Å². The standard InChI is InChI=1S/C12H20N4O/c1-6-16(5)11(17)10(4)15-12-13-8(2)7-9(3)14-12/h7,10H,6H2,1-5H3,(H,13,14,15). The number of aromatic nitrogens is 2. The first kappa shape index (κ1) is 13.4. The highest BCUT2D eigenvalue weighted by Crippen LogP contribution is 2.06. The smallest absolute Gasteiger partial charge is 0.244 e. The number of nitrogens with one attached hydrogen (secondary N) is 1. The lowest BCUT2D eigenvalue weighted by Crippen LogP contribution is -2.39. The Balaban J connectivity index is 2.74. The van der Waals surface area contributed by atoms with E-state index in [1.165, 1.54) is 0 Å². The van der Waals surface area contributed by atoms with Crippen LogP contribution in [-0.2, 0) is 4.79 Å². The third-order valence-electron chi connectivity index (χ3n) is 2.55. The molecule has 5 heteroatoms. The molecule has 0 saturated heterocycles. The van der Waals surface area contributed by atoms with Crippen LogP contribution in [0.15, 0.2) is 6.07 Å². The van der Waals surface area contributed by atoms with E-state index < -0.39 is 0 Å². The average Bonchev–Trinajstić information content (AvgIpc) is 2.25. The van der Waals surface area contributed by atoms with E-state index in [1.807, 2.05) is 33.8 Å². The van der Waals surface area contributed by atoms with Crippen molar-refractivity contribution >= 4 is 11.9 Å². The van der Waals surface area contributed by atoms with Gasteiger partial charge in [-0.1, -0.05) is 0 Å². The Kier molecular flexibility index (Phi) is 4.43. The second-order valence-electron chi connectivity index (χ2n) is 4.19. The molecule has 0 saturated carbocycles. The summed E-state index contributed by atoms with van der Waals surface area (Å²) in [6.07, 6.45) is 0. The number of aryl methyl sites for hydroxylation is 2. The van der Waals surface area contributed by atoms with Gasteiger partial charge in [0.25, 0.3) is 0 Å². The topological polar surface area (TPSA) is 58.1 Å². The van der Waals surface area contributed by atoms with Crippen LogP contribution in [0.25, 0.3) is 0 Å². The van der Waals surface area contributed by atoms with Crippen LogP contribution < -0.4 is 5.32 Å². The number of hydrogen-bond acceptors (Lipinski definition) is 4. The predicted octanol–water partition coefficient (Wildman–Crippen LogP) is 1.37. The zero-order chi connectivity index (χ0) is 13.0. The van der Waals surface area contributed by atoms with Gasteiger partial charge in [0.1, 0.15) is 6.04 Å². The van der Waals surface area contributed by atoms with Crippen molar-refractivity contribution in [3.05, 3.63) is 17.5 Å². The molecule has 1 atom stereocenters. The molecule has 17 heavy (non-hydrogen) atoms. The maximum absolute atomic E-state index is 11.9. The summed E-state index contributed by atoms with van der Waals surface area (Å²) >= 11 is 0. The lowest BCUT2D eigenvalue weighted by Gasteiger charge is -2.20. The lowest BCUT2D eigenvalue weighted by atomic mass is 10.3. The van der Waals surface area contributed by atoms with Crippen molar-refractivity contribution in [2.75, 3.05) is 18.9 Å². The predicted molar refractivity (Wildman–Crippen MR) is 67.9 cm³/mol. The van der Waals surface area contributed by atoms with Crippen molar-refractivity contribution < 1.29 is 4.79 Å². The summed E-state index contributed by atoms with van der Waals surface area (Å²) in [6.45, 7) is 8.26. The minimum absolute atomic E-state index is 0.0373. The molecule has 0 bridgehead atoms. The highest BCUT2D eigenvalue weighted by molar-refractivity contribution is 5.83. The zero-order valence-electron chi connectivity index (χ0n) is 11.1. The summed E-state index contributed by atoms with van der Waals surface area (Å²) in [4.78, 5) is 22.0. The van der Waals surface area contributed by atoms with Crippen molar-refractivity contribution in [3.63, 3.8) is 0 Å². The van der Waals surface area contributed by atoms with E-state index in [9.17, 15) is 4.79 Å². The maximum atomic E-state index is 11.9. The van der Waals surface area contributed by atoms with Gasteiger partial charge in [0.05, 0.1) is 0 Å². The van der Waals surface area contributed by atoms with Crippen LogP contribution in [0.1, 0.15) is 25.2 Å². The Morgan fingerprint density at radius 1 is 1.41 bits per heavy atom. The molecule has 1 heterocycles. The second-order valence-corrected chi connectivity index (χ2v) is 4.19. The van der Waals surface area contributed by atoms with Gasteiger partial charge in [-0.3, -0.25) is 4.79 Å². The summed E-state index contributed by atoms with van der Waals surface area (Å²) < 4.78 is 0. The first-order chi connectivity index (χ1) is 7.93. The number of anilines is 1. The molecule has 94 valence electrons. The molecular formula is C12H20N4O. The molecule has 0 radical (unpaired) electrons. The SMILES string of the molecule is CCN(C)C(=O)C(C)Nc1nc(C)cc(C)n1. The number of amides is 1. The fraction of sp³-hybridized carbons (Fsp3) is 0.583. The third kappa shape index (κ3) is 3.69. The van der Waals surface area contributed by atoms with E-state index in [-0.39, 0.29) is 11.9 Å². The van der Waals surface area contributed by atoms with Gasteiger partial charge in [-0.25, -0.2) is 9.97 Å². The number of hydrogen-bond donors (Lipinski definition) is 1. The van der Waals surface area contributed by atoms with Crippen molar-refractivity contribution in [2.24, 2.45) is 0 Å². The molecule has 0 fully saturated rings. The minimum atomic E-state index is -0.318. The number of nitrogens with zero attached hydrogens (tertiary/aromatic N) is 3. The van der Waals surface area contributed by atoms with E-state index in [1.54, 1.807) is 11.9 Å². The van der Waals surface area contributed by atoms with Crippen LogP contribution in [0.5, 0.6) is 0 Å². The van der Waals surface area contributed by atoms with Crippen LogP contribution in [0, 0.1) is 13.8 Å². The summed E-state index contributed by atoms with van der Waals surface area (Å²) in [6, 6.07) is 1.58. The van der Waals surface area contributed by atoms with E-state index in [4.69, 9.17) is 0 Å². The molecule has 1 N–H and O–H groups in total. The van der Waals surface area contributed by atoms with E-state index in [0.29, 0.717) is 12.5 Å². The van der Waals surface area contributed by atoms with Crippen LogP contribution in [0.2, 0.25) is 0 Å². The molecule has 0 aliphatic rings. The summed E-state index contributed by atoms with van der Waals surface area (Å²) in [7, 11) is 1.78. The Morgan fingerprint density at radius 3 is 2.41 bits per heavy atom. The van der Waals surface area contributed by atoms with Gasteiger partial charge in [0.2, 0.25) is 11.9 Å². The van der Waals surface area contributed by atoms with E-state index >= 15 is 0 Å². The molecule has 0 aromatic carbocycles. The van der Waals surface area contributed by atoms with Gasteiger partial charge in [0, 0.05) is 25.0 Å². The molecular weight excluding hydrogens is 216 g/mol. The van der Waals surface area contributed by atoms with Gasteiger partial charge in [0.15, 0.2) is 0 Å². The van der Waals surface area contributed by atoms with Crippen molar-refractivity contribution in [1.29, 1.82) is 0 Å². The van der Waals surface area contributed by atoms with Gasteiger partial charge in [-0.05, 0) is 33.8 Å². The Morgan fingerprint density at radius 2 is 1.94 bits per heavy atom. The molecule has 1 unspecified atom stereocenters. The van der Waals surface area contributed by atoms with Crippen molar-refractivity contribution in [2.45, 2.75) is 33.7 Å². The van der Waals surface area contributed by atoms with E-state index in [2.05, 4.69) is 15.3 Å². The van der Waals surface area contributed by atoms with Gasteiger partial charge in [-0.2, -0.15) is 0 Å². The number of carbonyl (C=O) groups excluding carboxylic acids is 1. The molecule has 1 aromatic rings. The fourth-order valence-corrected chi connectivity index (χ4v) is 1.53. The second kappa shape index (κ2) is 5.61. The van der Waals surface area contributed by atoms with Crippen LogP contribution in [0.4, 0.5) is 5.95 Å². The van der Waals surface area contributed by atoms with Gasteiger partial charge in [-0.15, -0.1) is 0 Å². The Hall–Kier alpha value is -1.65. The quantitative estimate of drug-likeness (QED) is 0.858. The zero-order valence-corrected chi connectivity index (χ0v) is 11.1. The van der Waals surface area contributed by atoms with Gasteiger partial charge >= 0.3 is 0 Å². The minimum Gasteiger partial charge on any atom is -0.344 e. The van der Waals surface area contributed by atoms with Crippen LogP contribution in [0.3, 0.4) is 0 Å². The highest BCUT2D eigenvalue weighted by Gasteiger charge is 2.17. The molecule has 0 aliphatic carbocycles. The number of rotatable bonds is 4. The van der Waals surface area contributed by atoms with E-state index in [0.717, 1.165) is 11.4 Å². The maximum Gasteiger partial charge on any atom is 0.244 e. The Bertz CT molecular complexity index is 385. The lowest BCUT2D eigenvalue weighted by molar-refractivity contribution is -0.130. The van der Waals surface area contributed by atoms with Crippen molar-refractivity contribution in [1.82, 2.24) is 14.9 Å². The number of carbonyl (C=O) groups is 1. The first-order valence-corrected chi connectivity index (χ1v) is 5.77. The first-order valence-electron chi connectivity index (χ1n) is 5.77. The summed E-state index contributed by atoms with van der Waals surface area (Å²) in [5.74, 6) is 0.545. The van der Waals surface area contributed by atoms with Gasteiger partial charge < -0.3 is 10.2 Å². The third-order valence-corrected chi connectivity index (χ3v) is 2.55. The Labute approximate surface area is 102 Å². The molecule has 1 rings (SSSR count). The van der Waals surface area contributed by atoms with Crippen LogP contribution >= 0.6 is 0 Å². The molecule has 0 aliphatic heterocycles. The van der Waals surface area contributed by atoms with Crippen molar-refractivity contribution in [3.8, 4) is 0 Å². The largest absolute Gasteiger partial charge is 0.344 e. The fourth-order valence-electron chi connectivity index (χ4n) is 1.53. The molecule has 1 amide bonds. The average molecular weight is 236 g/mol. The molecule has 0 spiro atoms. The summed E-state index contributed by atoms with van der Waals surface area (Å²) in [5.41, 5.74) is 1.78. The summed E-state index contributed by atoms with van der Waals surface area (Å²) in [5, 5.41) is 3.03. The highest BCUT2D eigenvalue weighted by atomic mass is 16.2. The monoisotopic (exact) mass is 236 g/mol. The normalized spacial score (nSPS) is 12.1.